The molecule has 15 heavy (non-hydrogen) atoms. The number of pyridine rings is 1. The molecular weight excluding hydrogens is 188 g/mol. The second kappa shape index (κ2) is 4.26. The molecule has 0 aliphatic rings. The maximum atomic E-state index is 5.26. The second-order valence-corrected chi connectivity index (χ2v) is 3.64. The summed E-state index contributed by atoms with van der Waals surface area (Å²) in [5.74, 6) is 1.18. The summed E-state index contributed by atoms with van der Waals surface area (Å²) in [4.78, 5) is 4.21. The maximum Gasteiger partial charge on any atom is 0.185 e. The third-order valence-corrected chi connectivity index (χ3v) is 2.56. The molecule has 78 valence electrons. The van der Waals surface area contributed by atoms with Gasteiger partial charge in [0.1, 0.15) is 5.69 Å². The zero-order valence-corrected chi connectivity index (χ0v) is 8.97. The van der Waals surface area contributed by atoms with Crippen LogP contribution in [0, 0.1) is 0 Å². The summed E-state index contributed by atoms with van der Waals surface area (Å²) >= 11 is 0. The van der Waals surface area contributed by atoms with Gasteiger partial charge in [-0.15, -0.1) is 0 Å². The summed E-state index contributed by atoms with van der Waals surface area (Å²) in [7, 11) is 0. The van der Waals surface area contributed by atoms with Crippen LogP contribution in [0.5, 0.6) is 0 Å². The molecule has 2 aromatic rings. The van der Waals surface area contributed by atoms with Gasteiger partial charge in [-0.2, -0.15) is 0 Å². The molecule has 0 aliphatic heterocycles. The molecule has 0 saturated carbocycles. The van der Waals surface area contributed by atoms with Gasteiger partial charge in [0.05, 0.1) is 5.69 Å². The Kier molecular flexibility index (Phi) is 2.81. The number of hydrogen-bond acceptors (Lipinski definition) is 3. The van der Waals surface area contributed by atoms with E-state index in [0.29, 0.717) is 5.92 Å². The van der Waals surface area contributed by atoms with Crippen molar-refractivity contribution in [3.63, 3.8) is 0 Å². The lowest BCUT2D eigenvalue weighted by Crippen LogP contribution is -1.89. The van der Waals surface area contributed by atoms with Crippen molar-refractivity contribution in [2.45, 2.75) is 26.2 Å². The highest BCUT2D eigenvalue weighted by molar-refractivity contribution is 5.51. The van der Waals surface area contributed by atoms with Crippen molar-refractivity contribution in [1.82, 2.24) is 10.1 Å². The first kappa shape index (κ1) is 9.90. The van der Waals surface area contributed by atoms with E-state index in [4.69, 9.17) is 4.52 Å². The number of nitrogens with zero attached hydrogens (tertiary/aromatic N) is 2. The lowest BCUT2D eigenvalue weighted by atomic mass is 10.1. The van der Waals surface area contributed by atoms with E-state index in [1.807, 2.05) is 24.3 Å². The van der Waals surface area contributed by atoms with Crippen LogP contribution in [0.4, 0.5) is 0 Å². The zero-order valence-electron chi connectivity index (χ0n) is 8.97. The molecule has 2 rings (SSSR count). The fourth-order valence-electron chi connectivity index (χ4n) is 1.36. The van der Waals surface area contributed by atoms with Crippen molar-refractivity contribution in [2.24, 2.45) is 0 Å². The van der Waals surface area contributed by atoms with Crippen LogP contribution < -0.4 is 0 Å². The van der Waals surface area contributed by atoms with Crippen molar-refractivity contribution < 1.29 is 4.52 Å². The molecule has 3 heteroatoms. The predicted molar refractivity (Wildman–Crippen MR) is 58.4 cm³/mol. The van der Waals surface area contributed by atoms with Gasteiger partial charge >= 0.3 is 0 Å². The molecule has 3 nitrogen and oxygen atoms in total. The molecule has 0 aliphatic carbocycles. The van der Waals surface area contributed by atoms with Crippen molar-refractivity contribution >= 4 is 0 Å². The van der Waals surface area contributed by atoms with Crippen LogP contribution in [0.2, 0.25) is 0 Å². The van der Waals surface area contributed by atoms with E-state index in [9.17, 15) is 0 Å². The van der Waals surface area contributed by atoms with E-state index in [-0.39, 0.29) is 0 Å². The van der Waals surface area contributed by atoms with Gasteiger partial charge in [0.15, 0.2) is 5.76 Å². The van der Waals surface area contributed by atoms with Crippen LogP contribution in [0.3, 0.4) is 0 Å². The highest BCUT2D eigenvalue weighted by Crippen LogP contribution is 2.23. The van der Waals surface area contributed by atoms with Crippen LogP contribution in [0.25, 0.3) is 11.5 Å². The Balaban J connectivity index is 2.28. The van der Waals surface area contributed by atoms with E-state index in [2.05, 4.69) is 24.0 Å². The number of hydrogen-bond donors (Lipinski definition) is 0. The van der Waals surface area contributed by atoms with Gasteiger partial charge in [-0.25, -0.2) is 0 Å². The standard InChI is InChI=1S/C12H14N2O/c1-3-9(2)11-8-12(15-14-11)10-6-4-5-7-13-10/h4-9H,3H2,1-2H3/t9-/m1/s1. The molecule has 0 unspecified atom stereocenters. The molecule has 0 aromatic carbocycles. The van der Waals surface area contributed by atoms with Crippen LogP contribution in [-0.2, 0) is 0 Å². The monoisotopic (exact) mass is 202 g/mol. The first-order chi connectivity index (χ1) is 7.31. The summed E-state index contributed by atoms with van der Waals surface area (Å²) < 4.78 is 5.26. The predicted octanol–water partition coefficient (Wildman–Crippen LogP) is 3.25. The Labute approximate surface area is 89.1 Å². The molecule has 0 amide bonds. The first-order valence-electron chi connectivity index (χ1n) is 5.19. The molecule has 2 aromatic heterocycles. The van der Waals surface area contributed by atoms with Crippen LogP contribution in [0.1, 0.15) is 31.9 Å². The van der Waals surface area contributed by atoms with Crippen LogP contribution in [0.15, 0.2) is 35.0 Å². The van der Waals surface area contributed by atoms with Gasteiger partial charge in [0, 0.05) is 18.2 Å². The molecule has 0 bridgehead atoms. The molecule has 0 saturated heterocycles. The van der Waals surface area contributed by atoms with Gasteiger partial charge < -0.3 is 4.52 Å². The van der Waals surface area contributed by atoms with E-state index in [1.54, 1.807) is 6.20 Å². The van der Waals surface area contributed by atoms with Crippen LogP contribution in [-0.4, -0.2) is 10.1 Å². The lowest BCUT2D eigenvalue weighted by Gasteiger charge is -1.99. The summed E-state index contributed by atoms with van der Waals surface area (Å²) in [6.07, 6.45) is 2.81. The van der Waals surface area contributed by atoms with Gasteiger partial charge in [-0.1, -0.05) is 25.1 Å². The minimum absolute atomic E-state index is 0.436. The molecule has 2 heterocycles. The zero-order chi connectivity index (χ0) is 10.7. The Hall–Kier alpha value is -1.64. The minimum atomic E-state index is 0.436. The Morgan fingerprint density at radius 1 is 1.40 bits per heavy atom. The summed E-state index contributed by atoms with van der Waals surface area (Å²) in [5, 5.41) is 4.05. The Bertz CT molecular complexity index is 422. The Morgan fingerprint density at radius 2 is 2.27 bits per heavy atom. The van der Waals surface area contributed by atoms with Crippen molar-refractivity contribution in [3.8, 4) is 11.5 Å². The molecule has 0 fully saturated rings. The molecule has 0 spiro atoms. The third-order valence-electron chi connectivity index (χ3n) is 2.56. The fourth-order valence-corrected chi connectivity index (χ4v) is 1.36. The second-order valence-electron chi connectivity index (χ2n) is 3.64. The fraction of sp³-hybridized carbons (Fsp3) is 0.333. The van der Waals surface area contributed by atoms with E-state index < -0.39 is 0 Å². The highest BCUT2D eigenvalue weighted by atomic mass is 16.5. The van der Waals surface area contributed by atoms with Crippen LogP contribution >= 0.6 is 0 Å². The first-order valence-corrected chi connectivity index (χ1v) is 5.19. The van der Waals surface area contributed by atoms with E-state index in [0.717, 1.165) is 23.6 Å². The van der Waals surface area contributed by atoms with E-state index >= 15 is 0 Å². The summed E-state index contributed by atoms with van der Waals surface area (Å²) in [5.41, 5.74) is 1.83. The smallest absolute Gasteiger partial charge is 0.185 e. The van der Waals surface area contributed by atoms with Gasteiger partial charge in [0.25, 0.3) is 0 Å². The molecule has 0 radical (unpaired) electrons. The van der Waals surface area contributed by atoms with Gasteiger partial charge in [0.2, 0.25) is 0 Å². The van der Waals surface area contributed by atoms with Gasteiger partial charge in [-0.05, 0) is 18.6 Å². The minimum Gasteiger partial charge on any atom is -0.354 e. The normalized spacial score (nSPS) is 12.7. The number of rotatable bonds is 3. The quantitative estimate of drug-likeness (QED) is 0.766. The lowest BCUT2D eigenvalue weighted by molar-refractivity contribution is 0.416. The molecular formula is C12H14N2O. The molecule has 0 N–H and O–H groups in total. The van der Waals surface area contributed by atoms with E-state index in [1.165, 1.54) is 0 Å². The maximum absolute atomic E-state index is 5.26. The topological polar surface area (TPSA) is 38.9 Å². The SMILES string of the molecule is CC[C@@H](C)c1cc(-c2ccccn2)on1. The third kappa shape index (κ3) is 2.06. The van der Waals surface area contributed by atoms with Gasteiger partial charge in [-0.3, -0.25) is 4.98 Å². The highest BCUT2D eigenvalue weighted by Gasteiger charge is 2.11. The average Bonchev–Trinajstić information content (AvgIpc) is 2.78. The summed E-state index contributed by atoms with van der Waals surface area (Å²) in [6, 6.07) is 7.71. The van der Waals surface area contributed by atoms with Crippen molar-refractivity contribution in [3.05, 3.63) is 36.2 Å². The van der Waals surface area contributed by atoms with Crippen molar-refractivity contribution in [2.75, 3.05) is 0 Å². The summed E-state index contributed by atoms with van der Waals surface area (Å²) in [6.45, 7) is 4.28. The number of aromatic nitrogens is 2. The average molecular weight is 202 g/mol. The largest absolute Gasteiger partial charge is 0.354 e. The Morgan fingerprint density at radius 3 is 2.93 bits per heavy atom. The van der Waals surface area contributed by atoms with Crippen molar-refractivity contribution in [1.29, 1.82) is 0 Å². The molecule has 1 atom stereocenters.